The number of nitriles is 2. The van der Waals surface area contributed by atoms with Crippen molar-refractivity contribution in [1.29, 1.82) is 10.5 Å². The maximum atomic E-state index is 11.5. The molecule has 0 saturated heterocycles. The predicted octanol–water partition coefficient (Wildman–Crippen LogP) is 2.83. The fraction of sp³-hybridized carbons (Fsp3) is 0.0625. The number of benzene rings is 1. The van der Waals surface area contributed by atoms with Gasteiger partial charge in [0.2, 0.25) is 5.71 Å². The van der Waals surface area contributed by atoms with Crippen LogP contribution in [-0.4, -0.2) is 23.8 Å². The minimum Gasteiger partial charge on any atom is -0.465 e. The summed E-state index contributed by atoms with van der Waals surface area (Å²) < 4.78 is 4.68. The van der Waals surface area contributed by atoms with E-state index in [1.54, 1.807) is 42.6 Å². The molecular formula is C16H11N5O2S. The number of pyridine rings is 1. The number of hydrogen-bond acceptors (Lipinski definition) is 8. The number of esters is 1. The number of carbonyl (C=O) groups excluding carboxylic acids is 1. The molecule has 0 saturated carbocycles. The molecule has 0 unspecified atom stereocenters. The van der Waals surface area contributed by atoms with Crippen LogP contribution in [0.4, 0.5) is 5.69 Å². The number of hydrogen-bond donors (Lipinski definition) is 1. The Kier molecular flexibility index (Phi) is 5.89. The summed E-state index contributed by atoms with van der Waals surface area (Å²) >= 11 is 1.38. The zero-order valence-corrected chi connectivity index (χ0v) is 13.4. The van der Waals surface area contributed by atoms with E-state index in [0.29, 0.717) is 16.3 Å². The van der Waals surface area contributed by atoms with Crippen LogP contribution in [0.25, 0.3) is 0 Å². The Morgan fingerprint density at radius 2 is 1.96 bits per heavy atom. The van der Waals surface area contributed by atoms with Crippen LogP contribution in [-0.2, 0) is 4.74 Å². The Bertz CT molecular complexity index is 834. The Balaban J connectivity index is 2.07. The lowest BCUT2D eigenvalue weighted by Gasteiger charge is -2.04. The van der Waals surface area contributed by atoms with E-state index in [9.17, 15) is 4.79 Å². The molecule has 0 aliphatic carbocycles. The summed E-state index contributed by atoms with van der Waals surface area (Å²) in [4.78, 5) is 16.6. The first kappa shape index (κ1) is 17.0. The van der Waals surface area contributed by atoms with Crippen molar-refractivity contribution >= 4 is 29.1 Å². The molecule has 24 heavy (non-hydrogen) atoms. The molecule has 0 radical (unpaired) electrons. The molecule has 2 aromatic rings. The lowest BCUT2D eigenvalue weighted by Crippen LogP contribution is -2.01. The van der Waals surface area contributed by atoms with Gasteiger partial charge in [-0.3, -0.25) is 5.43 Å². The number of rotatable bonds is 5. The topological polar surface area (TPSA) is 111 Å². The number of ether oxygens (including phenoxy) is 1. The first-order chi connectivity index (χ1) is 11.7. The summed E-state index contributed by atoms with van der Waals surface area (Å²) in [5.41, 5.74) is 3.44. The van der Waals surface area contributed by atoms with Crippen LogP contribution < -0.4 is 5.43 Å². The molecular weight excluding hydrogens is 326 g/mol. The molecule has 1 heterocycles. The minimum absolute atomic E-state index is 0.253. The Labute approximate surface area is 142 Å². The highest BCUT2D eigenvalue weighted by atomic mass is 32.2. The van der Waals surface area contributed by atoms with Crippen molar-refractivity contribution in [2.24, 2.45) is 5.10 Å². The first-order valence-corrected chi connectivity index (χ1v) is 7.44. The largest absolute Gasteiger partial charge is 0.465 e. The fourth-order valence-corrected chi connectivity index (χ4v) is 2.44. The van der Waals surface area contributed by atoms with Gasteiger partial charge in [0.25, 0.3) is 0 Å². The van der Waals surface area contributed by atoms with Gasteiger partial charge < -0.3 is 4.74 Å². The average Bonchev–Trinajstić information content (AvgIpc) is 2.63. The minimum atomic E-state index is -0.414. The Hall–Kier alpha value is -3.36. The number of anilines is 1. The summed E-state index contributed by atoms with van der Waals surface area (Å²) in [5.74, 6) is -0.414. The third-order valence-corrected chi connectivity index (χ3v) is 3.68. The van der Waals surface area contributed by atoms with Crippen LogP contribution in [0, 0.1) is 22.7 Å². The fourth-order valence-electron chi connectivity index (χ4n) is 1.62. The molecule has 118 valence electrons. The molecule has 1 aromatic heterocycles. The molecule has 0 fully saturated rings. The van der Waals surface area contributed by atoms with E-state index in [4.69, 9.17) is 10.5 Å². The number of methoxy groups -OCH3 is 1. The lowest BCUT2D eigenvalue weighted by molar-refractivity contribution is 0.0600. The molecule has 0 bridgehead atoms. The van der Waals surface area contributed by atoms with Gasteiger partial charge in [-0.25, -0.2) is 9.78 Å². The Morgan fingerprint density at radius 3 is 2.58 bits per heavy atom. The molecule has 0 aliphatic heterocycles. The van der Waals surface area contributed by atoms with Crippen molar-refractivity contribution in [2.75, 3.05) is 12.5 Å². The molecule has 7 nitrogen and oxygen atoms in total. The highest BCUT2D eigenvalue weighted by Crippen LogP contribution is 2.27. The second-order valence-corrected chi connectivity index (χ2v) is 5.39. The molecule has 1 N–H and O–H groups in total. The smallest absolute Gasteiger partial charge is 0.337 e. The van der Waals surface area contributed by atoms with Crippen molar-refractivity contribution in [3.8, 4) is 12.1 Å². The first-order valence-electron chi connectivity index (χ1n) is 6.62. The number of nitrogens with one attached hydrogen (secondary N) is 1. The van der Waals surface area contributed by atoms with Crippen molar-refractivity contribution < 1.29 is 9.53 Å². The maximum Gasteiger partial charge on any atom is 0.337 e. The third-order valence-electron chi connectivity index (χ3n) is 2.74. The van der Waals surface area contributed by atoms with Crippen LogP contribution in [0.3, 0.4) is 0 Å². The van der Waals surface area contributed by atoms with E-state index in [-0.39, 0.29) is 5.71 Å². The van der Waals surface area contributed by atoms with Crippen LogP contribution in [0.2, 0.25) is 0 Å². The lowest BCUT2D eigenvalue weighted by atomic mass is 10.3. The standard InChI is InChI=1S/C16H11N5O2S/c1-23-16(22)11-6-7-19-15(8-11)24-14-4-2-12(3-5-14)20-21-13(9-17)10-18/h2-8,20H,1H3. The van der Waals surface area contributed by atoms with Gasteiger partial charge in [-0.05, 0) is 36.4 Å². The zero-order chi connectivity index (χ0) is 17.4. The van der Waals surface area contributed by atoms with Crippen molar-refractivity contribution in [3.63, 3.8) is 0 Å². The van der Waals surface area contributed by atoms with Gasteiger partial charge in [-0.15, -0.1) is 0 Å². The van der Waals surface area contributed by atoms with E-state index in [1.165, 1.54) is 18.9 Å². The summed E-state index contributed by atoms with van der Waals surface area (Å²) in [7, 11) is 1.33. The quantitative estimate of drug-likeness (QED) is 0.507. The van der Waals surface area contributed by atoms with E-state index in [2.05, 4.69) is 20.2 Å². The van der Waals surface area contributed by atoms with Crippen LogP contribution in [0.1, 0.15) is 10.4 Å². The predicted molar refractivity (Wildman–Crippen MR) is 88.4 cm³/mol. The third kappa shape index (κ3) is 4.57. The number of carbonyl (C=O) groups is 1. The van der Waals surface area contributed by atoms with Gasteiger partial charge in [0.05, 0.1) is 18.4 Å². The van der Waals surface area contributed by atoms with Crippen molar-refractivity contribution in [1.82, 2.24) is 4.98 Å². The summed E-state index contributed by atoms with van der Waals surface area (Å²) in [6, 6.07) is 13.7. The van der Waals surface area contributed by atoms with E-state index >= 15 is 0 Å². The average molecular weight is 337 g/mol. The van der Waals surface area contributed by atoms with E-state index in [0.717, 1.165) is 4.90 Å². The maximum absolute atomic E-state index is 11.5. The number of aromatic nitrogens is 1. The zero-order valence-electron chi connectivity index (χ0n) is 12.6. The van der Waals surface area contributed by atoms with Crippen LogP contribution >= 0.6 is 11.8 Å². The molecule has 0 amide bonds. The van der Waals surface area contributed by atoms with Gasteiger partial charge in [0.1, 0.15) is 17.2 Å². The normalized spacial score (nSPS) is 9.29. The van der Waals surface area contributed by atoms with E-state index in [1.807, 2.05) is 12.1 Å². The van der Waals surface area contributed by atoms with Gasteiger partial charge >= 0.3 is 5.97 Å². The molecule has 8 heteroatoms. The molecule has 0 atom stereocenters. The summed E-state index contributed by atoms with van der Waals surface area (Å²) in [5, 5.41) is 21.5. The van der Waals surface area contributed by atoms with Gasteiger partial charge in [0.15, 0.2) is 0 Å². The van der Waals surface area contributed by atoms with Crippen molar-refractivity contribution in [2.45, 2.75) is 9.92 Å². The SMILES string of the molecule is COC(=O)c1ccnc(Sc2ccc(NN=C(C#N)C#N)cc2)c1. The highest BCUT2D eigenvalue weighted by molar-refractivity contribution is 7.99. The summed E-state index contributed by atoms with van der Waals surface area (Å²) in [6.45, 7) is 0. The molecule has 0 aliphatic rings. The highest BCUT2D eigenvalue weighted by Gasteiger charge is 2.07. The number of nitrogens with zero attached hydrogens (tertiary/aromatic N) is 4. The van der Waals surface area contributed by atoms with E-state index < -0.39 is 5.97 Å². The monoisotopic (exact) mass is 337 g/mol. The van der Waals surface area contributed by atoms with Gasteiger partial charge in [-0.2, -0.15) is 15.6 Å². The number of hydrazone groups is 1. The second kappa shape index (κ2) is 8.32. The second-order valence-electron chi connectivity index (χ2n) is 4.30. The van der Waals surface area contributed by atoms with Crippen molar-refractivity contribution in [3.05, 3.63) is 48.2 Å². The molecule has 1 aromatic carbocycles. The summed E-state index contributed by atoms with van der Waals surface area (Å²) in [6.07, 6.45) is 1.55. The van der Waals surface area contributed by atoms with Crippen LogP contribution in [0.5, 0.6) is 0 Å². The van der Waals surface area contributed by atoms with Gasteiger partial charge in [0, 0.05) is 11.1 Å². The molecule has 2 rings (SSSR count). The van der Waals surface area contributed by atoms with Gasteiger partial charge in [-0.1, -0.05) is 11.8 Å². The van der Waals surface area contributed by atoms with Crippen LogP contribution in [0.15, 0.2) is 57.6 Å². The molecule has 0 spiro atoms. The Morgan fingerprint density at radius 1 is 1.25 bits per heavy atom.